The number of nitrogens with zero attached hydrogens (tertiary/aromatic N) is 3. The first-order valence-electron chi connectivity index (χ1n) is 6.79. The van der Waals surface area contributed by atoms with Crippen LogP contribution in [0.2, 0.25) is 0 Å². The molecule has 0 N–H and O–H groups in total. The number of para-hydroxylation sites is 1. The molecule has 3 heteroatoms. The van der Waals surface area contributed by atoms with Crippen molar-refractivity contribution in [1.82, 2.24) is 4.57 Å². The van der Waals surface area contributed by atoms with Crippen LogP contribution in [0, 0.1) is 6.07 Å². The fourth-order valence-electron chi connectivity index (χ4n) is 2.26. The molecule has 0 aliphatic heterocycles. The molecule has 3 aromatic rings. The van der Waals surface area contributed by atoms with Crippen molar-refractivity contribution < 1.29 is 0 Å². The van der Waals surface area contributed by atoms with Crippen LogP contribution in [0.25, 0.3) is 21.3 Å². The molecular formula is C18H15N3. The van der Waals surface area contributed by atoms with Crippen LogP contribution in [0.4, 0.5) is 5.69 Å². The Hall–Kier alpha value is -2.99. The van der Waals surface area contributed by atoms with Crippen molar-refractivity contribution in [2.75, 3.05) is 0 Å². The predicted molar refractivity (Wildman–Crippen MR) is 87.9 cm³/mol. The van der Waals surface area contributed by atoms with Crippen molar-refractivity contribution in [1.29, 1.82) is 0 Å². The van der Waals surface area contributed by atoms with E-state index in [1.165, 1.54) is 0 Å². The lowest BCUT2D eigenvalue weighted by atomic mass is 10.2. The van der Waals surface area contributed by atoms with E-state index in [0.717, 1.165) is 28.8 Å². The summed E-state index contributed by atoms with van der Waals surface area (Å²) in [6.07, 6.45) is 1.87. The third kappa shape index (κ3) is 2.80. The third-order valence-corrected chi connectivity index (χ3v) is 3.21. The van der Waals surface area contributed by atoms with Gasteiger partial charge in [-0.05, 0) is 12.1 Å². The van der Waals surface area contributed by atoms with Gasteiger partial charge in [-0.25, -0.2) is 0 Å². The number of fused-ring (bicyclic) bond motifs is 1. The summed E-state index contributed by atoms with van der Waals surface area (Å²) in [5.41, 5.74) is 7.01. The van der Waals surface area contributed by atoms with Gasteiger partial charge in [-0.15, -0.1) is 6.58 Å². The summed E-state index contributed by atoms with van der Waals surface area (Å²) in [4.78, 5) is 4.07. The van der Waals surface area contributed by atoms with Crippen molar-refractivity contribution in [3.8, 4) is 6.07 Å². The molecule has 2 aromatic carbocycles. The van der Waals surface area contributed by atoms with Gasteiger partial charge >= 0.3 is 6.07 Å². The Labute approximate surface area is 123 Å². The summed E-state index contributed by atoms with van der Waals surface area (Å²) in [6, 6.07) is 22.9. The second-order valence-corrected chi connectivity index (χ2v) is 4.64. The molecule has 3 nitrogen and oxygen atoms in total. The molecule has 102 valence electrons. The first-order valence-corrected chi connectivity index (χ1v) is 6.79. The summed E-state index contributed by atoms with van der Waals surface area (Å²) < 4.78 is 2.12. The maximum atomic E-state index is 4.15. The number of rotatable bonds is 3. The summed E-state index contributed by atoms with van der Waals surface area (Å²) in [5.74, 6) is 0. The minimum atomic E-state index is 0.719. The van der Waals surface area contributed by atoms with Crippen molar-refractivity contribution in [2.45, 2.75) is 6.54 Å². The van der Waals surface area contributed by atoms with Crippen molar-refractivity contribution in [3.63, 3.8) is 0 Å². The number of hydrogen-bond donors (Lipinski definition) is 0. The molecule has 3 rings (SSSR count). The number of hydrogen-bond acceptors (Lipinski definition) is 0. The molecule has 0 amide bonds. The average Bonchev–Trinajstić information content (AvgIpc) is 2.87. The molecule has 0 bridgehead atoms. The second kappa shape index (κ2) is 5.98. The molecule has 0 atom stereocenters. The van der Waals surface area contributed by atoms with Crippen LogP contribution in [-0.4, -0.2) is 4.57 Å². The van der Waals surface area contributed by atoms with E-state index < -0.39 is 0 Å². The van der Waals surface area contributed by atoms with E-state index >= 15 is 0 Å². The first kappa shape index (κ1) is 13.0. The fourth-order valence-corrected chi connectivity index (χ4v) is 2.26. The van der Waals surface area contributed by atoms with Gasteiger partial charge in [-0.1, -0.05) is 65.2 Å². The van der Waals surface area contributed by atoms with Gasteiger partial charge in [-0.2, -0.15) is 0 Å². The Morgan fingerprint density at radius 3 is 2.67 bits per heavy atom. The van der Waals surface area contributed by atoms with Crippen molar-refractivity contribution in [3.05, 3.63) is 89.4 Å². The van der Waals surface area contributed by atoms with Crippen LogP contribution >= 0.6 is 0 Å². The summed E-state index contributed by atoms with van der Waals surface area (Å²) in [7, 11) is 0. The van der Waals surface area contributed by atoms with Gasteiger partial charge in [0.2, 0.25) is 0 Å². The lowest BCUT2D eigenvalue weighted by Gasteiger charge is -2.01. The van der Waals surface area contributed by atoms with Crippen LogP contribution in [0.15, 0.2) is 73.3 Å². The van der Waals surface area contributed by atoms with Gasteiger partial charge < -0.3 is 4.57 Å². The van der Waals surface area contributed by atoms with Gasteiger partial charge in [0.05, 0.1) is 0 Å². The Kier molecular flexibility index (Phi) is 3.70. The molecule has 21 heavy (non-hydrogen) atoms. The van der Waals surface area contributed by atoms with Gasteiger partial charge in [0.15, 0.2) is 5.69 Å². The highest BCUT2D eigenvalue weighted by Gasteiger charge is 2.08. The van der Waals surface area contributed by atoms with Gasteiger partial charge in [-0.3, -0.25) is 5.43 Å². The molecule has 0 aliphatic rings. The molecule has 0 radical (unpaired) electrons. The minimum absolute atomic E-state index is 0.719. The Balaban J connectivity index is 1.93. The third-order valence-electron chi connectivity index (χ3n) is 3.21. The highest BCUT2D eigenvalue weighted by molar-refractivity contribution is 5.82. The zero-order chi connectivity index (χ0) is 14.5. The fraction of sp³-hybridized carbons (Fsp3) is 0.0556. The molecule has 0 spiro atoms. The predicted octanol–water partition coefficient (Wildman–Crippen LogP) is 5.13. The second-order valence-electron chi connectivity index (χ2n) is 4.64. The Bertz CT molecular complexity index is 820. The molecule has 0 saturated carbocycles. The zero-order valence-electron chi connectivity index (χ0n) is 11.6. The maximum Gasteiger partial charge on any atom is 0.328 e. The molecular weight excluding hydrogens is 258 g/mol. The van der Waals surface area contributed by atoms with Gasteiger partial charge in [0, 0.05) is 17.4 Å². The highest BCUT2D eigenvalue weighted by Crippen LogP contribution is 2.21. The Morgan fingerprint density at radius 1 is 1.10 bits per heavy atom. The average molecular weight is 273 g/mol. The van der Waals surface area contributed by atoms with Crippen LogP contribution in [0.1, 0.15) is 5.69 Å². The number of allylic oxidation sites excluding steroid dienone is 1. The molecule has 0 unspecified atom stereocenters. The quantitative estimate of drug-likeness (QED) is 0.466. The van der Waals surface area contributed by atoms with E-state index in [-0.39, 0.29) is 0 Å². The van der Waals surface area contributed by atoms with Crippen LogP contribution < -0.4 is 0 Å². The van der Waals surface area contributed by atoms with Crippen LogP contribution in [0.3, 0.4) is 0 Å². The summed E-state index contributed by atoms with van der Waals surface area (Å²) in [6.45, 7) is 4.53. The standard InChI is InChI=1S/C18H15N3/c1-2-12-21-17(13-15-8-6-7-11-18(15)21)14-19-20-16-9-4-3-5-10-16/h2-11,13H,1,12H2. The monoisotopic (exact) mass is 273 g/mol. The smallest absolute Gasteiger partial charge is 0.325 e. The molecule has 1 heterocycles. The van der Waals surface area contributed by atoms with Crippen molar-refractivity contribution >= 4 is 16.6 Å². The van der Waals surface area contributed by atoms with E-state index in [9.17, 15) is 0 Å². The Morgan fingerprint density at radius 2 is 1.86 bits per heavy atom. The van der Waals surface area contributed by atoms with E-state index in [1.54, 1.807) is 0 Å². The number of aromatic nitrogens is 1. The molecule has 0 fully saturated rings. The highest BCUT2D eigenvalue weighted by atomic mass is 15.3. The first-order chi connectivity index (χ1) is 10.4. The van der Waals surface area contributed by atoms with E-state index in [0.29, 0.717) is 0 Å². The summed E-state index contributed by atoms with van der Waals surface area (Å²) >= 11 is 0. The van der Waals surface area contributed by atoms with Gasteiger partial charge in [0.1, 0.15) is 0 Å². The van der Waals surface area contributed by atoms with Crippen LogP contribution in [-0.2, 0) is 6.54 Å². The number of benzene rings is 2. The SMILES string of the molecule is C=CCn1c(C#[N+][N-]c2ccccc2)cc2ccccc21. The van der Waals surface area contributed by atoms with E-state index in [2.05, 4.69) is 45.8 Å². The van der Waals surface area contributed by atoms with Crippen LogP contribution in [0.5, 0.6) is 0 Å². The normalized spacial score (nSPS) is 9.90. The lowest BCUT2D eigenvalue weighted by Crippen LogP contribution is -1.97. The summed E-state index contributed by atoms with van der Waals surface area (Å²) in [5, 5.41) is 1.16. The zero-order valence-corrected chi connectivity index (χ0v) is 11.6. The molecule has 0 saturated heterocycles. The largest absolute Gasteiger partial charge is 0.328 e. The van der Waals surface area contributed by atoms with E-state index in [4.69, 9.17) is 0 Å². The van der Waals surface area contributed by atoms with Gasteiger partial charge in [0.25, 0.3) is 0 Å². The lowest BCUT2D eigenvalue weighted by molar-refractivity contribution is 0.852. The molecule has 1 aromatic heterocycles. The maximum absolute atomic E-state index is 4.15. The van der Waals surface area contributed by atoms with Crippen molar-refractivity contribution in [2.24, 2.45) is 0 Å². The van der Waals surface area contributed by atoms with E-state index in [1.807, 2.05) is 48.5 Å². The minimum Gasteiger partial charge on any atom is -0.325 e. The topological polar surface area (TPSA) is 23.4 Å². The molecule has 0 aliphatic carbocycles.